The quantitative estimate of drug-likeness (QED) is 0.134. The molecule has 192 valence electrons. The van der Waals surface area contributed by atoms with E-state index in [0.29, 0.717) is 12.2 Å². The minimum atomic E-state index is -0.197. The second kappa shape index (κ2) is 11.6. The number of nitrogens with zero attached hydrogens (tertiary/aromatic N) is 4. The van der Waals surface area contributed by atoms with Gasteiger partial charge in [-0.2, -0.15) is 0 Å². The molecule has 6 nitrogen and oxygen atoms in total. The first-order valence-electron chi connectivity index (χ1n) is 13.7. The van der Waals surface area contributed by atoms with Gasteiger partial charge in [-0.25, -0.2) is 9.97 Å². The van der Waals surface area contributed by atoms with Crippen LogP contribution >= 0.6 is 0 Å². The van der Waals surface area contributed by atoms with Crippen molar-refractivity contribution < 1.29 is 9.53 Å². The van der Waals surface area contributed by atoms with Gasteiger partial charge in [0.15, 0.2) is 11.4 Å². The van der Waals surface area contributed by atoms with Gasteiger partial charge in [-0.05, 0) is 37.0 Å². The Morgan fingerprint density at radius 3 is 2.41 bits per heavy atom. The zero-order chi connectivity index (χ0) is 25.6. The van der Waals surface area contributed by atoms with Gasteiger partial charge in [-0.3, -0.25) is 9.20 Å². The molecule has 0 amide bonds. The molecule has 0 saturated carbocycles. The fourth-order valence-electron chi connectivity index (χ4n) is 5.01. The molecule has 0 aliphatic rings. The summed E-state index contributed by atoms with van der Waals surface area (Å²) in [4.78, 5) is 23.0. The van der Waals surface area contributed by atoms with Crippen molar-refractivity contribution in [1.29, 1.82) is 0 Å². The molecule has 0 saturated heterocycles. The van der Waals surface area contributed by atoms with Crippen LogP contribution < -0.4 is 4.74 Å². The fourth-order valence-corrected chi connectivity index (χ4v) is 5.01. The van der Waals surface area contributed by atoms with Crippen LogP contribution in [0.1, 0.15) is 70.2 Å². The van der Waals surface area contributed by atoms with Gasteiger partial charge in [0.2, 0.25) is 0 Å². The summed E-state index contributed by atoms with van der Waals surface area (Å²) in [6, 6.07) is 18.6. The largest absolute Gasteiger partial charge is 0.424 e. The zero-order valence-corrected chi connectivity index (χ0v) is 21.9. The van der Waals surface area contributed by atoms with Crippen LogP contribution in [0, 0.1) is 0 Å². The number of imidazole rings is 1. The van der Waals surface area contributed by atoms with Crippen LogP contribution in [0.5, 0.6) is 5.75 Å². The number of esters is 1. The van der Waals surface area contributed by atoms with Gasteiger partial charge >= 0.3 is 5.97 Å². The molecule has 0 atom stereocenters. The highest BCUT2D eigenvalue weighted by Crippen LogP contribution is 2.34. The number of aromatic nitrogens is 4. The molecular weight excluding hydrogens is 460 g/mol. The molecule has 2 aromatic carbocycles. The molecule has 0 aliphatic carbocycles. The minimum Gasteiger partial charge on any atom is -0.424 e. The SMILES string of the molecule is CCCCCC(=O)Oc1cn(CCc2ccccc2)c2nc(CCCCC)n3c4ccccc4nc3c12. The van der Waals surface area contributed by atoms with E-state index in [1.165, 1.54) is 5.56 Å². The highest BCUT2D eigenvalue weighted by molar-refractivity contribution is 6.00. The number of hydrogen-bond donors (Lipinski definition) is 0. The smallest absolute Gasteiger partial charge is 0.311 e. The zero-order valence-electron chi connectivity index (χ0n) is 21.9. The third kappa shape index (κ3) is 5.38. The van der Waals surface area contributed by atoms with E-state index in [-0.39, 0.29) is 5.97 Å². The maximum absolute atomic E-state index is 12.8. The number of carbonyl (C=O) groups excluding carboxylic acids is 1. The summed E-state index contributed by atoms with van der Waals surface area (Å²) in [7, 11) is 0. The molecule has 0 bridgehead atoms. The number of fused-ring (bicyclic) bond motifs is 5. The number of rotatable bonds is 12. The van der Waals surface area contributed by atoms with Gasteiger partial charge in [0.05, 0.1) is 11.0 Å². The molecule has 37 heavy (non-hydrogen) atoms. The molecule has 5 aromatic rings. The Bertz CT molecular complexity index is 1500. The minimum absolute atomic E-state index is 0.197. The van der Waals surface area contributed by atoms with Crippen molar-refractivity contribution in [3.05, 3.63) is 72.2 Å². The lowest BCUT2D eigenvalue weighted by Crippen LogP contribution is -2.08. The first kappa shape index (κ1) is 25.0. The van der Waals surface area contributed by atoms with Gasteiger partial charge in [0.1, 0.15) is 16.9 Å². The summed E-state index contributed by atoms with van der Waals surface area (Å²) in [6.07, 6.45) is 10.4. The van der Waals surface area contributed by atoms with Crippen LogP contribution in [0.15, 0.2) is 60.8 Å². The predicted molar refractivity (Wildman–Crippen MR) is 149 cm³/mol. The van der Waals surface area contributed by atoms with Crippen molar-refractivity contribution in [2.24, 2.45) is 0 Å². The van der Waals surface area contributed by atoms with Crippen LogP contribution in [-0.2, 0) is 24.2 Å². The van der Waals surface area contributed by atoms with Gasteiger partial charge in [-0.1, -0.05) is 82.0 Å². The molecule has 0 fully saturated rings. The van der Waals surface area contributed by atoms with E-state index in [1.807, 2.05) is 30.5 Å². The summed E-state index contributed by atoms with van der Waals surface area (Å²) in [6.45, 7) is 5.09. The van der Waals surface area contributed by atoms with Crippen molar-refractivity contribution in [2.45, 2.75) is 78.2 Å². The number of hydrogen-bond acceptors (Lipinski definition) is 4. The average molecular weight is 497 g/mol. The molecule has 3 aromatic heterocycles. The van der Waals surface area contributed by atoms with Crippen LogP contribution in [0.2, 0.25) is 0 Å². The van der Waals surface area contributed by atoms with Crippen LogP contribution in [0.25, 0.3) is 27.7 Å². The lowest BCUT2D eigenvalue weighted by atomic mass is 10.1. The summed E-state index contributed by atoms with van der Waals surface area (Å²) < 4.78 is 10.3. The van der Waals surface area contributed by atoms with Gasteiger partial charge in [0.25, 0.3) is 0 Å². The second-order valence-corrected chi connectivity index (χ2v) is 9.80. The number of ether oxygens (including phenoxy) is 1. The van der Waals surface area contributed by atoms with Crippen LogP contribution in [0.4, 0.5) is 0 Å². The molecular formula is C31H36N4O2. The van der Waals surface area contributed by atoms with Crippen molar-refractivity contribution in [2.75, 3.05) is 0 Å². The first-order chi connectivity index (χ1) is 18.2. The van der Waals surface area contributed by atoms with E-state index in [0.717, 1.165) is 91.4 Å². The Balaban J connectivity index is 1.64. The standard InChI is InChI=1S/C31H36N4O2/c1-3-5-8-18-27-33-30-29(31-32-24-16-12-13-17-25(24)35(27)31)26(37-28(36)19-9-6-4-2)22-34(30)21-20-23-14-10-7-11-15-23/h7,10-17,22H,3-6,8-9,18-21H2,1-2H3. The van der Waals surface area contributed by atoms with Gasteiger partial charge in [0, 0.05) is 25.6 Å². The number of unbranched alkanes of at least 4 members (excludes halogenated alkanes) is 4. The predicted octanol–water partition coefficient (Wildman–Crippen LogP) is 7.30. The fraction of sp³-hybridized carbons (Fsp3) is 0.387. The van der Waals surface area contributed by atoms with Gasteiger partial charge < -0.3 is 9.30 Å². The molecule has 3 heterocycles. The lowest BCUT2D eigenvalue weighted by molar-refractivity contribution is -0.134. The molecule has 5 rings (SSSR count). The van der Waals surface area contributed by atoms with E-state index in [1.54, 1.807) is 0 Å². The molecule has 0 N–H and O–H groups in total. The highest BCUT2D eigenvalue weighted by Gasteiger charge is 2.22. The normalized spacial score (nSPS) is 11.6. The number of aryl methyl sites for hydroxylation is 3. The van der Waals surface area contributed by atoms with E-state index in [9.17, 15) is 4.79 Å². The summed E-state index contributed by atoms with van der Waals surface area (Å²) >= 11 is 0. The van der Waals surface area contributed by atoms with Crippen molar-refractivity contribution in [1.82, 2.24) is 18.9 Å². The summed E-state index contributed by atoms with van der Waals surface area (Å²) in [5.74, 6) is 1.36. The number of para-hydroxylation sites is 2. The Morgan fingerprint density at radius 2 is 1.59 bits per heavy atom. The second-order valence-electron chi connectivity index (χ2n) is 9.80. The molecule has 0 radical (unpaired) electrons. The third-order valence-corrected chi connectivity index (χ3v) is 6.99. The lowest BCUT2D eigenvalue weighted by Gasteiger charge is -2.10. The van der Waals surface area contributed by atoms with Crippen LogP contribution in [-0.4, -0.2) is 24.9 Å². The third-order valence-electron chi connectivity index (χ3n) is 6.99. The van der Waals surface area contributed by atoms with E-state index in [2.05, 4.69) is 53.1 Å². The Hall–Kier alpha value is -3.67. The van der Waals surface area contributed by atoms with Crippen LogP contribution in [0.3, 0.4) is 0 Å². The average Bonchev–Trinajstić information content (AvgIpc) is 3.46. The molecule has 0 aliphatic heterocycles. The first-order valence-corrected chi connectivity index (χ1v) is 13.7. The van der Waals surface area contributed by atoms with Crippen molar-refractivity contribution in [3.63, 3.8) is 0 Å². The van der Waals surface area contributed by atoms with E-state index in [4.69, 9.17) is 14.7 Å². The van der Waals surface area contributed by atoms with Crippen molar-refractivity contribution in [3.8, 4) is 5.75 Å². The van der Waals surface area contributed by atoms with E-state index < -0.39 is 0 Å². The monoisotopic (exact) mass is 496 g/mol. The maximum atomic E-state index is 12.8. The number of carbonyl (C=O) groups is 1. The van der Waals surface area contributed by atoms with E-state index >= 15 is 0 Å². The molecule has 0 unspecified atom stereocenters. The Morgan fingerprint density at radius 1 is 0.838 bits per heavy atom. The van der Waals surface area contributed by atoms with Crippen molar-refractivity contribution >= 4 is 33.7 Å². The summed E-state index contributed by atoms with van der Waals surface area (Å²) in [5, 5.41) is 0.812. The summed E-state index contributed by atoms with van der Waals surface area (Å²) in [5.41, 5.74) is 4.87. The van der Waals surface area contributed by atoms with Gasteiger partial charge in [-0.15, -0.1) is 0 Å². The maximum Gasteiger partial charge on any atom is 0.311 e. The topological polar surface area (TPSA) is 61.4 Å². The molecule has 0 spiro atoms. The Kier molecular flexibility index (Phi) is 7.83. The Labute approximate surface area is 218 Å². The molecule has 6 heteroatoms. The number of benzene rings is 2. The highest BCUT2D eigenvalue weighted by atomic mass is 16.5.